The summed E-state index contributed by atoms with van der Waals surface area (Å²) < 4.78 is 4.68. The van der Waals surface area contributed by atoms with Gasteiger partial charge in [-0.3, -0.25) is 4.79 Å². The van der Waals surface area contributed by atoms with Crippen molar-refractivity contribution in [1.29, 1.82) is 0 Å². The van der Waals surface area contributed by atoms with Crippen LogP contribution in [0.2, 0.25) is 0 Å². The first-order valence-corrected chi connectivity index (χ1v) is 6.01. The lowest BCUT2D eigenvalue weighted by Crippen LogP contribution is -2.36. The van der Waals surface area contributed by atoms with Gasteiger partial charge in [0, 0.05) is 5.41 Å². The molecule has 1 N–H and O–H groups in total. The predicted octanol–water partition coefficient (Wildman–Crippen LogP) is 2.36. The Morgan fingerprint density at radius 1 is 1.16 bits per heavy atom. The summed E-state index contributed by atoms with van der Waals surface area (Å²) in [5, 5.41) is 2.60. The van der Waals surface area contributed by atoms with E-state index in [4.69, 9.17) is 0 Å². The Hall–Kier alpha value is -2.10. The van der Waals surface area contributed by atoms with E-state index in [1.165, 1.54) is 7.11 Å². The first-order valence-electron chi connectivity index (χ1n) is 6.01. The topological polar surface area (TPSA) is 55.4 Å². The summed E-state index contributed by atoms with van der Waals surface area (Å²) in [6.07, 6.45) is 1.59. The van der Waals surface area contributed by atoms with Crippen LogP contribution in [0.4, 0.5) is 0 Å². The van der Waals surface area contributed by atoms with Gasteiger partial charge in [0.05, 0.1) is 7.11 Å². The van der Waals surface area contributed by atoms with E-state index in [0.717, 1.165) is 5.56 Å². The molecule has 19 heavy (non-hydrogen) atoms. The van der Waals surface area contributed by atoms with Gasteiger partial charge in [-0.15, -0.1) is 0 Å². The largest absolute Gasteiger partial charge is 0.464 e. The van der Waals surface area contributed by atoms with Crippen molar-refractivity contribution in [2.24, 2.45) is 5.41 Å². The molecule has 0 aliphatic carbocycles. The Kier molecular flexibility index (Phi) is 4.87. The monoisotopic (exact) mass is 261 g/mol. The minimum Gasteiger partial charge on any atom is -0.464 e. The van der Waals surface area contributed by atoms with Crippen LogP contribution in [0.1, 0.15) is 26.3 Å². The van der Waals surface area contributed by atoms with Crippen molar-refractivity contribution >= 4 is 18.0 Å². The van der Waals surface area contributed by atoms with Gasteiger partial charge >= 0.3 is 5.97 Å². The zero-order valence-corrected chi connectivity index (χ0v) is 11.7. The second-order valence-corrected chi connectivity index (χ2v) is 5.16. The maximum atomic E-state index is 11.9. The molecule has 0 fully saturated rings. The van der Waals surface area contributed by atoms with E-state index in [2.05, 4.69) is 10.1 Å². The molecule has 1 amide bonds. The molecular weight excluding hydrogens is 242 g/mol. The van der Waals surface area contributed by atoms with Crippen LogP contribution in [-0.4, -0.2) is 19.0 Å². The molecule has 0 aliphatic rings. The number of methoxy groups -OCH3 is 1. The SMILES string of the molecule is COC(=O)/C(=C/c1ccccc1)NC(=O)C(C)(C)C. The van der Waals surface area contributed by atoms with Crippen LogP contribution in [0.15, 0.2) is 36.0 Å². The van der Waals surface area contributed by atoms with Gasteiger partial charge in [0.1, 0.15) is 5.70 Å². The summed E-state index contributed by atoms with van der Waals surface area (Å²) in [5.74, 6) is -0.804. The van der Waals surface area contributed by atoms with E-state index in [-0.39, 0.29) is 11.6 Å². The molecule has 1 rings (SSSR count). The third kappa shape index (κ3) is 4.58. The number of rotatable bonds is 3. The normalized spacial score (nSPS) is 11.9. The first kappa shape index (κ1) is 15.0. The van der Waals surface area contributed by atoms with Gasteiger partial charge in [-0.25, -0.2) is 4.79 Å². The lowest BCUT2D eigenvalue weighted by atomic mass is 9.95. The number of hydrogen-bond acceptors (Lipinski definition) is 3. The molecule has 0 unspecified atom stereocenters. The van der Waals surface area contributed by atoms with E-state index in [0.29, 0.717) is 0 Å². The first-order chi connectivity index (χ1) is 8.84. The van der Waals surface area contributed by atoms with Crippen molar-refractivity contribution in [3.8, 4) is 0 Å². The summed E-state index contributed by atoms with van der Waals surface area (Å²) in [6.45, 7) is 5.33. The molecule has 0 spiro atoms. The number of amides is 1. The van der Waals surface area contributed by atoms with Crippen molar-refractivity contribution in [2.45, 2.75) is 20.8 Å². The Labute approximate surface area is 113 Å². The maximum Gasteiger partial charge on any atom is 0.354 e. The van der Waals surface area contributed by atoms with Gasteiger partial charge < -0.3 is 10.1 Å². The number of benzene rings is 1. The molecule has 0 radical (unpaired) electrons. The second-order valence-electron chi connectivity index (χ2n) is 5.16. The third-order valence-electron chi connectivity index (χ3n) is 2.45. The number of hydrogen-bond donors (Lipinski definition) is 1. The summed E-state index contributed by atoms with van der Waals surface area (Å²) >= 11 is 0. The van der Waals surface area contributed by atoms with E-state index < -0.39 is 11.4 Å². The molecule has 0 bridgehead atoms. The zero-order chi connectivity index (χ0) is 14.5. The maximum absolute atomic E-state index is 11.9. The minimum absolute atomic E-state index is 0.133. The van der Waals surface area contributed by atoms with Crippen LogP contribution in [0.5, 0.6) is 0 Å². The van der Waals surface area contributed by atoms with Crippen molar-refractivity contribution in [3.63, 3.8) is 0 Å². The smallest absolute Gasteiger partial charge is 0.354 e. The third-order valence-corrected chi connectivity index (χ3v) is 2.45. The number of nitrogens with one attached hydrogen (secondary N) is 1. The molecule has 0 heterocycles. The predicted molar refractivity (Wildman–Crippen MR) is 74.0 cm³/mol. The van der Waals surface area contributed by atoms with Gasteiger partial charge in [0.2, 0.25) is 5.91 Å². The lowest BCUT2D eigenvalue weighted by Gasteiger charge is -2.18. The Morgan fingerprint density at radius 3 is 2.21 bits per heavy atom. The van der Waals surface area contributed by atoms with Crippen molar-refractivity contribution in [2.75, 3.05) is 7.11 Å². The fraction of sp³-hybridized carbons (Fsp3) is 0.333. The minimum atomic E-state index is -0.580. The average molecular weight is 261 g/mol. The van der Waals surface area contributed by atoms with Gasteiger partial charge in [0.15, 0.2) is 0 Å². The molecule has 102 valence electrons. The van der Waals surface area contributed by atoms with Crippen LogP contribution < -0.4 is 5.32 Å². The van der Waals surface area contributed by atoms with Crippen LogP contribution in [0.25, 0.3) is 6.08 Å². The van der Waals surface area contributed by atoms with Gasteiger partial charge in [-0.1, -0.05) is 51.1 Å². The van der Waals surface area contributed by atoms with E-state index in [1.54, 1.807) is 26.8 Å². The number of carbonyl (C=O) groups is 2. The van der Waals surface area contributed by atoms with Crippen LogP contribution in [0, 0.1) is 5.41 Å². The van der Waals surface area contributed by atoms with Gasteiger partial charge in [-0.05, 0) is 11.6 Å². The fourth-order valence-electron chi connectivity index (χ4n) is 1.28. The Morgan fingerprint density at radius 2 is 1.74 bits per heavy atom. The quantitative estimate of drug-likeness (QED) is 0.671. The van der Waals surface area contributed by atoms with Crippen LogP contribution in [-0.2, 0) is 14.3 Å². The second kappa shape index (κ2) is 6.18. The van der Waals surface area contributed by atoms with Crippen molar-refractivity contribution in [3.05, 3.63) is 41.6 Å². The molecule has 0 saturated carbocycles. The van der Waals surface area contributed by atoms with E-state index >= 15 is 0 Å². The highest BCUT2D eigenvalue weighted by molar-refractivity contribution is 5.98. The van der Waals surface area contributed by atoms with Crippen LogP contribution >= 0.6 is 0 Å². The Bertz CT molecular complexity index is 484. The molecular formula is C15H19NO3. The summed E-state index contributed by atoms with van der Waals surface area (Å²) in [4.78, 5) is 23.6. The zero-order valence-electron chi connectivity index (χ0n) is 11.7. The molecule has 1 aromatic carbocycles. The summed E-state index contributed by atoms with van der Waals surface area (Å²) in [5.41, 5.74) is 0.370. The standard InChI is InChI=1S/C15H19NO3/c1-15(2,3)14(18)16-12(13(17)19-4)10-11-8-6-5-7-9-11/h5-10H,1-4H3,(H,16,18)/b12-10-. The molecule has 0 saturated heterocycles. The summed E-state index contributed by atoms with van der Waals surface area (Å²) in [7, 11) is 1.28. The number of carbonyl (C=O) groups excluding carboxylic acids is 2. The highest BCUT2D eigenvalue weighted by Crippen LogP contribution is 2.14. The number of esters is 1. The molecule has 4 heteroatoms. The van der Waals surface area contributed by atoms with E-state index in [1.807, 2.05) is 30.3 Å². The van der Waals surface area contributed by atoms with Crippen molar-refractivity contribution in [1.82, 2.24) is 5.32 Å². The highest BCUT2D eigenvalue weighted by Gasteiger charge is 2.24. The van der Waals surface area contributed by atoms with E-state index in [9.17, 15) is 9.59 Å². The molecule has 1 aromatic rings. The van der Waals surface area contributed by atoms with Crippen molar-refractivity contribution < 1.29 is 14.3 Å². The Balaban J connectivity index is 3.00. The molecule has 4 nitrogen and oxygen atoms in total. The van der Waals surface area contributed by atoms with Crippen LogP contribution in [0.3, 0.4) is 0 Å². The average Bonchev–Trinajstić information content (AvgIpc) is 2.37. The highest BCUT2D eigenvalue weighted by atomic mass is 16.5. The fourth-order valence-corrected chi connectivity index (χ4v) is 1.28. The molecule has 0 aliphatic heterocycles. The number of ether oxygens (including phenoxy) is 1. The molecule has 0 aromatic heterocycles. The van der Waals surface area contributed by atoms with Gasteiger partial charge in [0.25, 0.3) is 0 Å². The molecule has 0 atom stereocenters. The summed E-state index contributed by atoms with van der Waals surface area (Å²) in [6, 6.07) is 9.26. The lowest BCUT2D eigenvalue weighted by molar-refractivity contribution is -0.138. The van der Waals surface area contributed by atoms with Gasteiger partial charge in [-0.2, -0.15) is 0 Å².